The number of benzene rings is 1. The number of hydrogen-bond acceptors (Lipinski definition) is 4. The van der Waals surface area contributed by atoms with Crippen molar-refractivity contribution in [1.82, 2.24) is 15.0 Å². The van der Waals surface area contributed by atoms with E-state index in [1.54, 1.807) is 19.9 Å². The van der Waals surface area contributed by atoms with Crippen LogP contribution in [0.2, 0.25) is 5.28 Å². The fraction of sp³-hybridized carbons (Fsp3) is 0.188. The van der Waals surface area contributed by atoms with Crippen LogP contribution in [0.3, 0.4) is 0 Å². The van der Waals surface area contributed by atoms with Gasteiger partial charge in [-0.15, -0.1) is 0 Å². The number of hydrogen-bond donors (Lipinski definition) is 1. The third-order valence-electron chi connectivity index (χ3n) is 3.45. The van der Waals surface area contributed by atoms with Gasteiger partial charge in [0.2, 0.25) is 5.28 Å². The van der Waals surface area contributed by atoms with Crippen LogP contribution < -0.4 is 0 Å². The van der Waals surface area contributed by atoms with Crippen LogP contribution in [0.5, 0.6) is 0 Å². The molecule has 118 valence electrons. The summed E-state index contributed by atoms with van der Waals surface area (Å²) in [5.74, 6) is -1.36. The first kappa shape index (κ1) is 15.7. The van der Waals surface area contributed by atoms with Crippen LogP contribution in [0.15, 0.2) is 30.6 Å². The van der Waals surface area contributed by atoms with Gasteiger partial charge in [-0.25, -0.2) is 18.7 Å². The van der Waals surface area contributed by atoms with Gasteiger partial charge in [0, 0.05) is 17.1 Å². The molecule has 0 bridgehead atoms. The van der Waals surface area contributed by atoms with Gasteiger partial charge in [-0.05, 0) is 49.2 Å². The van der Waals surface area contributed by atoms with E-state index in [-0.39, 0.29) is 22.1 Å². The van der Waals surface area contributed by atoms with E-state index < -0.39 is 17.2 Å². The summed E-state index contributed by atoms with van der Waals surface area (Å²) in [6.45, 7) is 3.16. The van der Waals surface area contributed by atoms with Crippen molar-refractivity contribution in [2.45, 2.75) is 19.4 Å². The minimum absolute atomic E-state index is 0.0916. The number of pyridine rings is 1. The Morgan fingerprint density at radius 2 is 1.87 bits per heavy atom. The Kier molecular flexibility index (Phi) is 3.74. The normalized spacial score (nSPS) is 11.9. The van der Waals surface area contributed by atoms with Crippen molar-refractivity contribution in [3.8, 4) is 11.3 Å². The molecule has 0 unspecified atom stereocenters. The molecule has 0 spiro atoms. The maximum Gasteiger partial charge on any atom is 0.223 e. The maximum atomic E-state index is 14.4. The summed E-state index contributed by atoms with van der Waals surface area (Å²) >= 11 is 5.69. The van der Waals surface area contributed by atoms with Crippen molar-refractivity contribution in [3.05, 3.63) is 53.1 Å². The highest BCUT2D eigenvalue weighted by molar-refractivity contribution is 6.28. The van der Waals surface area contributed by atoms with E-state index in [4.69, 9.17) is 11.6 Å². The van der Waals surface area contributed by atoms with E-state index in [1.807, 2.05) is 0 Å². The van der Waals surface area contributed by atoms with E-state index in [9.17, 15) is 13.9 Å². The van der Waals surface area contributed by atoms with Gasteiger partial charge in [0.1, 0.15) is 17.0 Å². The largest absolute Gasteiger partial charge is 0.386 e. The molecule has 2 heterocycles. The minimum atomic E-state index is -1.21. The van der Waals surface area contributed by atoms with Crippen LogP contribution >= 0.6 is 11.6 Å². The highest BCUT2D eigenvalue weighted by Gasteiger charge is 2.22. The zero-order valence-electron chi connectivity index (χ0n) is 12.3. The van der Waals surface area contributed by atoms with Crippen LogP contribution in [0.25, 0.3) is 22.2 Å². The maximum absolute atomic E-state index is 14.4. The molecule has 0 aliphatic carbocycles. The number of rotatable bonds is 2. The molecule has 7 heteroatoms. The van der Waals surface area contributed by atoms with Crippen molar-refractivity contribution in [1.29, 1.82) is 0 Å². The fourth-order valence-electron chi connectivity index (χ4n) is 2.43. The molecule has 1 aromatic carbocycles. The SMILES string of the molecule is CC(C)(O)c1ccnc2c(F)cc(-c3nc(Cl)ncc3F)cc12. The number of fused-ring (bicyclic) bond motifs is 1. The molecule has 2 aromatic heterocycles. The lowest BCUT2D eigenvalue weighted by atomic mass is 9.93. The molecule has 23 heavy (non-hydrogen) atoms. The zero-order chi connectivity index (χ0) is 16.8. The number of halogens is 3. The van der Waals surface area contributed by atoms with E-state index in [0.717, 1.165) is 12.3 Å². The van der Waals surface area contributed by atoms with E-state index in [1.165, 1.54) is 12.3 Å². The Bertz CT molecular complexity index is 910. The fourth-order valence-corrected chi connectivity index (χ4v) is 2.56. The van der Waals surface area contributed by atoms with Gasteiger partial charge in [0.05, 0.1) is 11.8 Å². The molecule has 0 saturated heterocycles. The quantitative estimate of drug-likeness (QED) is 0.723. The molecular formula is C16H12ClF2N3O. The number of nitrogens with zero attached hydrogens (tertiary/aromatic N) is 3. The van der Waals surface area contributed by atoms with Crippen LogP contribution in [0.4, 0.5) is 8.78 Å². The smallest absolute Gasteiger partial charge is 0.223 e. The Morgan fingerprint density at radius 3 is 2.57 bits per heavy atom. The van der Waals surface area contributed by atoms with Crippen molar-refractivity contribution in [2.75, 3.05) is 0 Å². The van der Waals surface area contributed by atoms with E-state index in [0.29, 0.717) is 10.9 Å². The monoisotopic (exact) mass is 335 g/mol. The topological polar surface area (TPSA) is 58.9 Å². The lowest BCUT2D eigenvalue weighted by molar-refractivity contribution is 0.0801. The molecule has 1 N–H and O–H groups in total. The van der Waals surface area contributed by atoms with Gasteiger partial charge in [0.25, 0.3) is 0 Å². The minimum Gasteiger partial charge on any atom is -0.386 e. The molecule has 0 radical (unpaired) electrons. The lowest BCUT2D eigenvalue weighted by Gasteiger charge is -2.20. The Labute approximate surface area is 135 Å². The van der Waals surface area contributed by atoms with Gasteiger partial charge in [0.15, 0.2) is 5.82 Å². The molecule has 3 rings (SSSR count). The van der Waals surface area contributed by atoms with Gasteiger partial charge in [-0.1, -0.05) is 0 Å². The van der Waals surface area contributed by atoms with Crippen LogP contribution in [0.1, 0.15) is 19.4 Å². The summed E-state index contributed by atoms with van der Waals surface area (Å²) in [7, 11) is 0. The van der Waals surface area contributed by atoms with Crippen LogP contribution in [0, 0.1) is 11.6 Å². The van der Waals surface area contributed by atoms with E-state index in [2.05, 4.69) is 15.0 Å². The highest BCUT2D eigenvalue weighted by atomic mass is 35.5. The molecule has 0 saturated carbocycles. The second-order valence-corrected chi connectivity index (χ2v) is 5.95. The van der Waals surface area contributed by atoms with Gasteiger partial charge >= 0.3 is 0 Å². The highest BCUT2D eigenvalue weighted by Crippen LogP contribution is 2.32. The second kappa shape index (κ2) is 5.47. The number of aromatic nitrogens is 3. The summed E-state index contributed by atoms with van der Waals surface area (Å²) in [6, 6.07) is 4.25. The molecule has 0 amide bonds. The first-order valence-corrected chi connectivity index (χ1v) is 7.14. The predicted octanol–water partition coefficient (Wildman–Crippen LogP) is 3.85. The summed E-state index contributed by atoms with van der Waals surface area (Å²) < 4.78 is 28.3. The standard InChI is InChI=1S/C16H12ClF2N3O/c1-16(2,23)10-3-4-20-14-9(10)5-8(6-11(14)18)13-12(19)7-21-15(17)22-13/h3-7,23H,1-2H3. The molecule has 3 aromatic rings. The van der Waals surface area contributed by atoms with E-state index >= 15 is 0 Å². The van der Waals surface area contributed by atoms with Crippen molar-refractivity contribution in [3.63, 3.8) is 0 Å². The Morgan fingerprint density at radius 1 is 1.13 bits per heavy atom. The first-order valence-electron chi connectivity index (χ1n) is 6.77. The van der Waals surface area contributed by atoms with Crippen LogP contribution in [-0.2, 0) is 5.60 Å². The van der Waals surface area contributed by atoms with Gasteiger partial charge in [-0.2, -0.15) is 0 Å². The summed E-state index contributed by atoms with van der Waals surface area (Å²) in [5.41, 5.74) is -0.571. The van der Waals surface area contributed by atoms with Gasteiger partial charge < -0.3 is 5.11 Å². The second-order valence-electron chi connectivity index (χ2n) is 5.61. The number of aliphatic hydroxyl groups is 1. The summed E-state index contributed by atoms with van der Waals surface area (Å²) in [4.78, 5) is 11.3. The van der Waals surface area contributed by atoms with Crippen molar-refractivity contribution in [2.24, 2.45) is 0 Å². The van der Waals surface area contributed by atoms with Gasteiger partial charge in [-0.3, -0.25) is 4.98 Å². The third kappa shape index (κ3) is 2.87. The summed E-state index contributed by atoms with van der Waals surface area (Å²) in [6.07, 6.45) is 2.34. The zero-order valence-corrected chi connectivity index (χ0v) is 13.1. The summed E-state index contributed by atoms with van der Waals surface area (Å²) in [5, 5.41) is 10.5. The average molecular weight is 336 g/mol. The Balaban J connectivity index is 2.35. The molecule has 0 aliphatic rings. The Hall–Kier alpha value is -2.18. The molecular weight excluding hydrogens is 324 g/mol. The first-order chi connectivity index (χ1) is 10.8. The molecule has 0 aliphatic heterocycles. The predicted molar refractivity (Wildman–Crippen MR) is 82.9 cm³/mol. The van der Waals surface area contributed by atoms with Crippen molar-refractivity contribution >= 4 is 22.5 Å². The molecule has 0 fully saturated rings. The van der Waals surface area contributed by atoms with Crippen LogP contribution in [-0.4, -0.2) is 20.1 Å². The average Bonchev–Trinajstić information content (AvgIpc) is 2.48. The van der Waals surface area contributed by atoms with Crippen molar-refractivity contribution < 1.29 is 13.9 Å². The third-order valence-corrected chi connectivity index (χ3v) is 3.63. The lowest BCUT2D eigenvalue weighted by Crippen LogP contribution is -2.16. The molecule has 0 atom stereocenters. The molecule has 4 nitrogen and oxygen atoms in total.